The average molecular weight is 291 g/mol. The molecule has 1 aromatic rings. The number of carbonyl (C=O) groups excluding carboxylic acids is 2. The predicted octanol–water partition coefficient (Wildman–Crippen LogP) is 0.728. The molecule has 1 heterocycles. The lowest BCUT2D eigenvalue weighted by molar-refractivity contribution is -0.149. The highest BCUT2D eigenvalue weighted by atomic mass is 16.5. The molecule has 0 bridgehead atoms. The maximum absolute atomic E-state index is 11.9. The van der Waals surface area contributed by atoms with Crippen LogP contribution in [0, 0.1) is 0 Å². The molecule has 1 aliphatic heterocycles. The van der Waals surface area contributed by atoms with Crippen LogP contribution in [-0.4, -0.2) is 54.4 Å². The quantitative estimate of drug-likeness (QED) is 0.619. The van der Waals surface area contributed by atoms with Crippen LogP contribution in [0.2, 0.25) is 0 Å². The van der Waals surface area contributed by atoms with E-state index in [9.17, 15) is 9.59 Å². The van der Waals surface area contributed by atoms with E-state index in [0.29, 0.717) is 37.6 Å². The Kier molecular flexibility index (Phi) is 5.03. The topological polar surface area (TPSA) is 75.9 Å². The second-order valence-corrected chi connectivity index (χ2v) is 4.96. The number of anilines is 1. The number of piperazine rings is 1. The molecule has 0 spiro atoms. The van der Waals surface area contributed by atoms with Crippen molar-refractivity contribution >= 4 is 17.5 Å². The minimum atomic E-state index is -0.00400. The maximum atomic E-state index is 11.9. The molecule has 1 aliphatic rings. The van der Waals surface area contributed by atoms with Gasteiger partial charge in [-0.15, -0.1) is 0 Å². The Bertz CT molecular complexity index is 519. The van der Waals surface area contributed by atoms with Gasteiger partial charge in [-0.3, -0.25) is 9.59 Å². The third-order valence-electron chi connectivity index (χ3n) is 3.49. The van der Waals surface area contributed by atoms with Gasteiger partial charge < -0.3 is 20.3 Å². The molecule has 0 unspecified atom stereocenters. The van der Waals surface area contributed by atoms with Crippen molar-refractivity contribution in [1.29, 1.82) is 0 Å². The number of para-hydroxylation sites is 2. The summed E-state index contributed by atoms with van der Waals surface area (Å²) >= 11 is 0. The number of nitrogen functional groups attached to an aromatic ring is 1. The van der Waals surface area contributed by atoms with E-state index in [4.69, 9.17) is 10.5 Å². The molecule has 1 fully saturated rings. The molecule has 114 valence electrons. The van der Waals surface area contributed by atoms with Gasteiger partial charge >= 0.3 is 0 Å². The molecule has 0 aromatic heterocycles. The fourth-order valence-electron chi connectivity index (χ4n) is 2.24. The molecule has 2 N–H and O–H groups in total. The van der Waals surface area contributed by atoms with Crippen molar-refractivity contribution in [3.05, 3.63) is 24.3 Å². The molecule has 1 saturated heterocycles. The van der Waals surface area contributed by atoms with Gasteiger partial charge in [0.15, 0.2) is 0 Å². The molecule has 0 saturated carbocycles. The third kappa shape index (κ3) is 3.87. The van der Waals surface area contributed by atoms with E-state index in [0.717, 1.165) is 0 Å². The first kappa shape index (κ1) is 15.2. The summed E-state index contributed by atoms with van der Waals surface area (Å²) in [6.45, 7) is 3.79. The molecule has 0 atom stereocenters. The van der Waals surface area contributed by atoms with Gasteiger partial charge in [0.25, 0.3) is 0 Å². The fraction of sp³-hybridized carbons (Fsp3) is 0.467. The summed E-state index contributed by atoms with van der Waals surface area (Å²) in [5, 5.41) is 0. The van der Waals surface area contributed by atoms with E-state index in [1.165, 1.54) is 0 Å². The molecular weight excluding hydrogens is 270 g/mol. The van der Waals surface area contributed by atoms with Crippen LogP contribution in [0.15, 0.2) is 24.3 Å². The molecule has 0 radical (unpaired) electrons. The second-order valence-electron chi connectivity index (χ2n) is 4.96. The Morgan fingerprint density at radius 2 is 1.81 bits per heavy atom. The molecule has 6 heteroatoms. The number of carbonyl (C=O) groups is 2. The minimum Gasteiger partial charge on any atom is -0.491 e. The van der Waals surface area contributed by atoms with E-state index in [2.05, 4.69) is 0 Å². The van der Waals surface area contributed by atoms with Crippen LogP contribution in [0.3, 0.4) is 0 Å². The van der Waals surface area contributed by atoms with E-state index < -0.39 is 0 Å². The number of likely N-dealkylation sites (N-methyl/N-ethyl adjacent to an activating group) is 1. The van der Waals surface area contributed by atoms with E-state index in [-0.39, 0.29) is 24.9 Å². The number of hydrogen-bond acceptors (Lipinski definition) is 4. The lowest BCUT2D eigenvalue weighted by Gasteiger charge is -2.33. The number of amides is 2. The van der Waals surface area contributed by atoms with Gasteiger partial charge in [-0.05, 0) is 25.5 Å². The molecule has 2 rings (SSSR count). The molecule has 21 heavy (non-hydrogen) atoms. The number of ether oxygens (including phenoxy) is 1. The first-order valence-electron chi connectivity index (χ1n) is 7.14. The van der Waals surface area contributed by atoms with Crippen LogP contribution in [0.4, 0.5) is 5.69 Å². The van der Waals surface area contributed by atoms with Gasteiger partial charge in [0.2, 0.25) is 11.8 Å². The minimum absolute atomic E-state index is 0.00400. The van der Waals surface area contributed by atoms with Crippen molar-refractivity contribution < 1.29 is 14.3 Å². The smallest absolute Gasteiger partial charge is 0.242 e. The van der Waals surface area contributed by atoms with Gasteiger partial charge in [0, 0.05) is 13.1 Å². The number of benzene rings is 1. The van der Waals surface area contributed by atoms with Crippen molar-refractivity contribution in [3.8, 4) is 5.75 Å². The van der Waals surface area contributed by atoms with Crippen molar-refractivity contribution in [2.24, 2.45) is 0 Å². The highest BCUT2D eigenvalue weighted by Gasteiger charge is 2.28. The summed E-state index contributed by atoms with van der Waals surface area (Å²) in [6.07, 6.45) is 0.666. The van der Waals surface area contributed by atoms with Crippen LogP contribution >= 0.6 is 0 Å². The standard InChI is InChI=1S/C15H21N3O3/c1-2-17-10-15(20)18(11-14(17)19)8-5-9-21-13-7-4-3-6-12(13)16/h3-4,6-7H,2,5,8-11,16H2,1H3. The zero-order chi connectivity index (χ0) is 15.2. The maximum Gasteiger partial charge on any atom is 0.242 e. The van der Waals surface area contributed by atoms with Gasteiger partial charge in [-0.25, -0.2) is 0 Å². The normalized spacial score (nSPS) is 15.5. The Morgan fingerprint density at radius 1 is 1.14 bits per heavy atom. The van der Waals surface area contributed by atoms with E-state index >= 15 is 0 Å². The lowest BCUT2D eigenvalue weighted by atomic mass is 10.2. The monoisotopic (exact) mass is 291 g/mol. The summed E-state index contributed by atoms with van der Waals surface area (Å²) in [5.74, 6) is 0.650. The van der Waals surface area contributed by atoms with E-state index in [1.807, 2.05) is 25.1 Å². The molecule has 0 aliphatic carbocycles. The molecule has 2 amide bonds. The summed E-state index contributed by atoms with van der Waals surface area (Å²) < 4.78 is 5.57. The Balaban J connectivity index is 1.75. The largest absolute Gasteiger partial charge is 0.491 e. The average Bonchev–Trinajstić information content (AvgIpc) is 2.48. The lowest BCUT2D eigenvalue weighted by Crippen LogP contribution is -2.53. The van der Waals surface area contributed by atoms with Gasteiger partial charge in [-0.2, -0.15) is 0 Å². The summed E-state index contributed by atoms with van der Waals surface area (Å²) in [7, 11) is 0. The number of nitrogens with two attached hydrogens (primary N) is 1. The highest BCUT2D eigenvalue weighted by Crippen LogP contribution is 2.19. The third-order valence-corrected chi connectivity index (χ3v) is 3.49. The zero-order valence-electron chi connectivity index (χ0n) is 12.2. The number of nitrogens with zero attached hydrogens (tertiary/aromatic N) is 2. The SMILES string of the molecule is CCN1CC(=O)N(CCCOc2ccccc2N)CC1=O. The van der Waals surface area contributed by atoms with Gasteiger partial charge in [0.05, 0.1) is 25.4 Å². The summed E-state index contributed by atoms with van der Waals surface area (Å²) in [6, 6.07) is 7.29. The fourth-order valence-corrected chi connectivity index (χ4v) is 2.24. The Morgan fingerprint density at radius 3 is 2.52 bits per heavy atom. The van der Waals surface area contributed by atoms with Gasteiger partial charge in [-0.1, -0.05) is 12.1 Å². The zero-order valence-corrected chi connectivity index (χ0v) is 12.2. The summed E-state index contributed by atoms with van der Waals surface area (Å²) in [5.41, 5.74) is 6.37. The molecular formula is C15H21N3O3. The van der Waals surface area contributed by atoms with E-state index in [1.54, 1.807) is 15.9 Å². The number of hydrogen-bond donors (Lipinski definition) is 1. The predicted molar refractivity (Wildman–Crippen MR) is 79.8 cm³/mol. The first-order chi connectivity index (χ1) is 10.1. The van der Waals surface area contributed by atoms with Crippen LogP contribution in [0.25, 0.3) is 0 Å². The summed E-state index contributed by atoms with van der Waals surface area (Å²) in [4.78, 5) is 26.8. The van der Waals surface area contributed by atoms with Crippen LogP contribution < -0.4 is 10.5 Å². The van der Waals surface area contributed by atoms with Gasteiger partial charge in [0.1, 0.15) is 5.75 Å². The van der Waals surface area contributed by atoms with Crippen molar-refractivity contribution in [2.45, 2.75) is 13.3 Å². The second kappa shape index (κ2) is 6.97. The molecule has 1 aromatic carbocycles. The Labute approximate surface area is 124 Å². The first-order valence-corrected chi connectivity index (χ1v) is 7.14. The highest BCUT2D eigenvalue weighted by molar-refractivity contribution is 5.92. The Hall–Kier alpha value is -2.24. The van der Waals surface area contributed by atoms with Crippen LogP contribution in [-0.2, 0) is 9.59 Å². The van der Waals surface area contributed by atoms with Crippen molar-refractivity contribution in [3.63, 3.8) is 0 Å². The van der Waals surface area contributed by atoms with Crippen molar-refractivity contribution in [2.75, 3.05) is 38.5 Å². The van der Waals surface area contributed by atoms with Crippen molar-refractivity contribution in [1.82, 2.24) is 9.80 Å². The number of rotatable bonds is 6. The molecule has 6 nitrogen and oxygen atoms in total. The van der Waals surface area contributed by atoms with Crippen LogP contribution in [0.5, 0.6) is 5.75 Å². The van der Waals surface area contributed by atoms with Crippen LogP contribution in [0.1, 0.15) is 13.3 Å².